The molecule has 1 saturated heterocycles. The Balaban J connectivity index is 1.30. The molecule has 0 spiro atoms. The molecule has 2 fully saturated rings. The third-order valence-corrected chi connectivity index (χ3v) is 4.83. The molecule has 22 heavy (non-hydrogen) atoms. The number of nitrogens with one attached hydrogen (secondary N) is 2. The molecule has 2 amide bonds. The quantitative estimate of drug-likeness (QED) is 0.834. The molecule has 1 aliphatic heterocycles. The van der Waals surface area contributed by atoms with Crippen molar-refractivity contribution < 1.29 is 9.59 Å². The highest BCUT2D eigenvalue weighted by Crippen LogP contribution is 2.28. The summed E-state index contributed by atoms with van der Waals surface area (Å²) in [6, 6.07) is 0. The fourth-order valence-electron chi connectivity index (χ4n) is 3.36. The Morgan fingerprint density at radius 3 is 2.77 bits per heavy atom. The maximum Gasteiger partial charge on any atom is 0.242 e. The van der Waals surface area contributed by atoms with Gasteiger partial charge in [0.2, 0.25) is 11.8 Å². The van der Waals surface area contributed by atoms with Gasteiger partial charge in [0.05, 0.1) is 12.5 Å². The van der Waals surface area contributed by atoms with E-state index in [0.717, 1.165) is 12.2 Å². The average molecular weight is 304 g/mol. The van der Waals surface area contributed by atoms with E-state index in [1.165, 1.54) is 25.7 Å². The summed E-state index contributed by atoms with van der Waals surface area (Å²) in [7, 11) is 0. The van der Waals surface area contributed by atoms with Gasteiger partial charge >= 0.3 is 0 Å². The van der Waals surface area contributed by atoms with Gasteiger partial charge in [0.15, 0.2) is 0 Å². The van der Waals surface area contributed by atoms with E-state index in [1.807, 2.05) is 0 Å². The van der Waals surface area contributed by atoms with Crippen molar-refractivity contribution in [1.29, 1.82) is 0 Å². The average Bonchev–Trinajstić information content (AvgIpc) is 3.14. The second kappa shape index (κ2) is 6.94. The monoisotopic (exact) mass is 304 g/mol. The van der Waals surface area contributed by atoms with Crippen LogP contribution < -0.4 is 5.32 Å². The van der Waals surface area contributed by atoms with Crippen molar-refractivity contribution in [3.63, 3.8) is 0 Å². The highest BCUT2D eigenvalue weighted by Gasteiger charge is 2.33. The molecule has 2 heterocycles. The molecule has 0 bridgehead atoms. The molecule has 2 N–H and O–H groups in total. The molecule has 2 aliphatic rings. The van der Waals surface area contributed by atoms with Crippen LogP contribution in [-0.2, 0) is 9.59 Å². The van der Waals surface area contributed by atoms with Crippen LogP contribution in [0, 0.1) is 5.92 Å². The minimum atomic E-state index is -0.00276. The molecule has 6 nitrogen and oxygen atoms in total. The smallest absolute Gasteiger partial charge is 0.242 e. The molecule has 120 valence electrons. The van der Waals surface area contributed by atoms with Crippen LogP contribution in [0.15, 0.2) is 12.4 Å². The Hall–Kier alpha value is -1.85. The molecule has 1 saturated carbocycles. The van der Waals surface area contributed by atoms with Gasteiger partial charge in [0.1, 0.15) is 5.82 Å². The molecule has 1 aromatic rings. The van der Waals surface area contributed by atoms with E-state index < -0.39 is 0 Å². The van der Waals surface area contributed by atoms with Crippen molar-refractivity contribution in [3.8, 4) is 0 Å². The zero-order chi connectivity index (χ0) is 15.4. The number of hydrogen-bond donors (Lipinski definition) is 2. The number of carbonyl (C=O) groups is 2. The van der Waals surface area contributed by atoms with Gasteiger partial charge in [-0.3, -0.25) is 9.59 Å². The number of nitrogens with zero attached hydrogens (tertiary/aromatic N) is 2. The van der Waals surface area contributed by atoms with Crippen LogP contribution in [0.1, 0.15) is 50.3 Å². The van der Waals surface area contributed by atoms with Crippen molar-refractivity contribution in [3.05, 3.63) is 18.2 Å². The standard InChI is InChI=1S/C16H24N4O2/c21-14(6-5-12-3-1-2-4-12)19-9-15(22)20-10-13(11-20)16-17-7-8-18-16/h7-8,12-13H,1-6,9-11H2,(H,17,18)(H,19,21). The first-order valence-electron chi connectivity index (χ1n) is 8.26. The summed E-state index contributed by atoms with van der Waals surface area (Å²) in [4.78, 5) is 32.8. The third kappa shape index (κ3) is 3.67. The maximum atomic E-state index is 12.0. The summed E-state index contributed by atoms with van der Waals surface area (Å²) in [5, 5.41) is 2.75. The molecule has 0 radical (unpaired) electrons. The van der Waals surface area contributed by atoms with Gasteiger partial charge in [0.25, 0.3) is 0 Å². The maximum absolute atomic E-state index is 12.0. The molecule has 0 atom stereocenters. The molecular formula is C16H24N4O2. The lowest BCUT2D eigenvalue weighted by atomic mass is 9.99. The van der Waals surface area contributed by atoms with Crippen LogP contribution in [-0.4, -0.2) is 46.3 Å². The fourth-order valence-corrected chi connectivity index (χ4v) is 3.36. The van der Waals surface area contributed by atoms with E-state index in [9.17, 15) is 9.59 Å². The number of H-pyrrole nitrogens is 1. The van der Waals surface area contributed by atoms with Crippen molar-refractivity contribution in [2.24, 2.45) is 5.92 Å². The largest absolute Gasteiger partial charge is 0.348 e. The van der Waals surface area contributed by atoms with Crippen molar-refractivity contribution >= 4 is 11.8 Å². The summed E-state index contributed by atoms with van der Waals surface area (Å²) in [5.41, 5.74) is 0. The highest BCUT2D eigenvalue weighted by molar-refractivity contribution is 5.85. The van der Waals surface area contributed by atoms with Gasteiger partial charge in [0, 0.05) is 31.9 Å². The SMILES string of the molecule is O=C(CCC1CCCC1)NCC(=O)N1CC(c2ncc[nH]2)C1. The normalized spacial score (nSPS) is 19.2. The first-order chi connectivity index (χ1) is 10.7. The number of carbonyl (C=O) groups excluding carboxylic acids is 2. The third-order valence-electron chi connectivity index (χ3n) is 4.83. The first kappa shape index (κ1) is 15.1. The Labute approximate surface area is 130 Å². The number of imidazole rings is 1. The van der Waals surface area contributed by atoms with Crippen LogP contribution >= 0.6 is 0 Å². The number of likely N-dealkylation sites (tertiary alicyclic amines) is 1. The van der Waals surface area contributed by atoms with E-state index in [2.05, 4.69) is 15.3 Å². The minimum Gasteiger partial charge on any atom is -0.348 e. The molecule has 1 aromatic heterocycles. The van der Waals surface area contributed by atoms with Gasteiger partial charge < -0.3 is 15.2 Å². The lowest BCUT2D eigenvalue weighted by Gasteiger charge is -2.38. The molecule has 0 unspecified atom stereocenters. The predicted molar refractivity (Wildman–Crippen MR) is 82.1 cm³/mol. The van der Waals surface area contributed by atoms with E-state index in [4.69, 9.17) is 0 Å². The van der Waals surface area contributed by atoms with E-state index in [-0.39, 0.29) is 18.4 Å². The molecule has 0 aromatic carbocycles. The number of hydrogen-bond acceptors (Lipinski definition) is 3. The van der Waals surface area contributed by atoms with Gasteiger partial charge in [-0.2, -0.15) is 0 Å². The van der Waals surface area contributed by atoms with Crippen LogP contribution in [0.2, 0.25) is 0 Å². The number of rotatable bonds is 6. The van der Waals surface area contributed by atoms with Crippen LogP contribution in [0.25, 0.3) is 0 Å². The number of aromatic amines is 1. The summed E-state index contributed by atoms with van der Waals surface area (Å²) in [6.07, 6.45) is 10.2. The second-order valence-electron chi connectivity index (χ2n) is 6.44. The first-order valence-corrected chi connectivity index (χ1v) is 8.26. The molecular weight excluding hydrogens is 280 g/mol. The lowest BCUT2D eigenvalue weighted by molar-refractivity contribution is -0.136. The molecule has 1 aliphatic carbocycles. The van der Waals surface area contributed by atoms with E-state index >= 15 is 0 Å². The van der Waals surface area contributed by atoms with Crippen molar-refractivity contribution in [2.75, 3.05) is 19.6 Å². The number of amides is 2. The molecule has 3 rings (SSSR count). The van der Waals surface area contributed by atoms with Crippen molar-refractivity contribution in [2.45, 2.75) is 44.4 Å². The minimum absolute atomic E-state index is 0.00276. The van der Waals surface area contributed by atoms with Gasteiger partial charge in [-0.05, 0) is 12.3 Å². The van der Waals surface area contributed by atoms with E-state index in [0.29, 0.717) is 31.3 Å². The zero-order valence-electron chi connectivity index (χ0n) is 12.9. The Morgan fingerprint density at radius 1 is 1.32 bits per heavy atom. The number of aromatic nitrogens is 2. The van der Waals surface area contributed by atoms with Gasteiger partial charge in [-0.15, -0.1) is 0 Å². The Kier molecular flexibility index (Phi) is 4.75. The van der Waals surface area contributed by atoms with Crippen LogP contribution in [0.3, 0.4) is 0 Å². The predicted octanol–water partition coefficient (Wildman–Crippen LogP) is 1.42. The molecule has 6 heteroatoms. The van der Waals surface area contributed by atoms with Crippen molar-refractivity contribution in [1.82, 2.24) is 20.2 Å². The van der Waals surface area contributed by atoms with Gasteiger partial charge in [-0.25, -0.2) is 4.98 Å². The second-order valence-corrected chi connectivity index (χ2v) is 6.44. The summed E-state index contributed by atoms with van der Waals surface area (Å²) in [6.45, 7) is 1.49. The Bertz CT molecular complexity index is 502. The van der Waals surface area contributed by atoms with E-state index in [1.54, 1.807) is 17.3 Å². The zero-order valence-corrected chi connectivity index (χ0v) is 12.9. The summed E-state index contributed by atoms with van der Waals surface area (Å²) < 4.78 is 0. The highest BCUT2D eigenvalue weighted by atomic mass is 16.2. The summed E-state index contributed by atoms with van der Waals surface area (Å²) in [5.74, 6) is 1.95. The van der Waals surface area contributed by atoms with Crippen LogP contribution in [0.4, 0.5) is 0 Å². The lowest BCUT2D eigenvalue weighted by Crippen LogP contribution is -2.52. The topological polar surface area (TPSA) is 78.1 Å². The van der Waals surface area contributed by atoms with Crippen LogP contribution in [0.5, 0.6) is 0 Å². The Morgan fingerprint density at radius 2 is 2.09 bits per heavy atom. The summed E-state index contributed by atoms with van der Waals surface area (Å²) >= 11 is 0. The fraction of sp³-hybridized carbons (Fsp3) is 0.688. The van der Waals surface area contributed by atoms with Gasteiger partial charge in [-0.1, -0.05) is 25.7 Å².